The van der Waals surface area contributed by atoms with E-state index in [1.165, 1.54) is 77.9 Å². The fourth-order valence-electron chi connectivity index (χ4n) is 9.94. The summed E-state index contributed by atoms with van der Waals surface area (Å²) in [4.78, 5) is 4.62. The van der Waals surface area contributed by atoms with E-state index in [0.29, 0.717) is 0 Å². The van der Waals surface area contributed by atoms with Crippen LogP contribution in [0.3, 0.4) is 0 Å². The van der Waals surface area contributed by atoms with E-state index in [2.05, 4.69) is 325 Å². The van der Waals surface area contributed by atoms with Crippen molar-refractivity contribution in [2.24, 2.45) is 0 Å². The first-order valence-electron chi connectivity index (χ1n) is 25.3. The topological polar surface area (TPSA) is 6.48 Å². The third-order valence-electron chi connectivity index (χ3n) is 14.0. The lowest BCUT2D eigenvalue weighted by molar-refractivity contribution is 1.28. The fraction of sp³-hybridized carbons (Fsp3) is 0. The highest BCUT2D eigenvalue weighted by Crippen LogP contribution is 2.39. The van der Waals surface area contributed by atoms with Gasteiger partial charge in [0.05, 0.1) is 0 Å². The Hall–Kier alpha value is -9.76. The number of rotatable bonds is 13. The summed E-state index contributed by atoms with van der Waals surface area (Å²) < 4.78 is 0. The molecule has 0 aliphatic carbocycles. The average molecular weight is 945 g/mol. The van der Waals surface area contributed by atoms with E-state index >= 15 is 0 Å². The number of anilines is 6. The Bertz CT molecular complexity index is 3450. The van der Waals surface area contributed by atoms with Crippen LogP contribution in [0.5, 0.6) is 0 Å². The Balaban J connectivity index is 0.695. The van der Waals surface area contributed by atoms with E-state index in [9.17, 15) is 0 Å². The van der Waals surface area contributed by atoms with Gasteiger partial charge < -0.3 is 9.80 Å². The lowest BCUT2D eigenvalue weighted by Gasteiger charge is -2.26. The van der Waals surface area contributed by atoms with Gasteiger partial charge in [0.2, 0.25) is 0 Å². The van der Waals surface area contributed by atoms with Crippen molar-refractivity contribution in [2.45, 2.75) is 0 Å². The van der Waals surface area contributed by atoms with Crippen molar-refractivity contribution in [2.75, 3.05) is 9.80 Å². The third-order valence-corrected chi connectivity index (χ3v) is 14.0. The van der Waals surface area contributed by atoms with Gasteiger partial charge in [0.1, 0.15) is 0 Å². The van der Waals surface area contributed by atoms with Gasteiger partial charge in [-0.25, -0.2) is 0 Å². The van der Waals surface area contributed by atoms with Gasteiger partial charge in [-0.1, -0.05) is 243 Å². The fourth-order valence-corrected chi connectivity index (χ4v) is 9.94. The second kappa shape index (κ2) is 20.9. The van der Waals surface area contributed by atoms with Crippen molar-refractivity contribution in [3.63, 3.8) is 0 Å². The van der Waals surface area contributed by atoms with E-state index in [4.69, 9.17) is 0 Å². The molecule has 0 aliphatic heterocycles. The zero-order chi connectivity index (χ0) is 49.5. The summed E-state index contributed by atoms with van der Waals surface area (Å²) in [6.45, 7) is 0. The molecule has 0 saturated heterocycles. The highest BCUT2D eigenvalue weighted by Gasteiger charge is 2.15. The second-order valence-corrected chi connectivity index (χ2v) is 18.6. The molecule has 350 valence electrons. The van der Waals surface area contributed by atoms with E-state index in [1.54, 1.807) is 0 Å². The number of nitrogens with zero attached hydrogens (tertiary/aromatic N) is 2. The van der Waals surface area contributed by atoms with Crippen LogP contribution in [0.15, 0.2) is 315 Å². The summed E-state index contributed by atoms with van der Waals surface area (Å²) in [5, 5.41) is 0. The standard InChI is InChI=1S/C72H52N2/c1-5-13-53(14-6-1)63-37-45-69(46-38-63)73(67-17-9-3-10-18-67)71-49-41-65(42-50-71)61-33-29-59(30-34-61)57-25-21-55(22-26-57)56-23-27-58(28-24-56)60-31-35-62(36-32-60)66-43-51-72(52-44-66)74(68-19-11-4-12-20-68)70-47-39-64(40-48-70)54-15-7-2-8-16-54/h1-52H. The molecule has 0 radical (unpaired) electrons. The molecule has 0 heterocycles. The van der Waals surface area contributed by atoms with Crippen molar-refractivity contribution in [3.8, 4) is 77.9 Å². The van der Waals surface area contributed by atoms with Gasteiger partial charge in [0.25, 0.3) is 0 Å². The summed E-state index contributed by atoms with van der Waals surface area (Å²) in [5.41, 5.74) is 23.4. The largest absolute Gasteiger partial charge is 0.311 e. The van der Waals surface area contributed by atoms with Crippen molar-refractivity contribution in [1.29, 1.82) is 0 Å². The molecule has 74 heavy (non-hydrogen) atoms. The highest BCUT2D eigenvalue weighted by molar-refractivity contribution is 5.83. The first kappa shape index (κ1) is 45.4. The van der Waals surface area contributed by atoms with Crippen LogP contribution in [0.2, 0.25) is 0 Å². The Morgan fingerprint density at radius 1 is 0.108 bits per heavy atom. The SMILES string of the molecule is c1ccc(-c2ccc(N(c3ccccc3)c3ccc(-c4ccc(-c5ccc(-c6ccc(-c7ccc(-c8ccc(N(c9ccccc9)c9ccc(-c%10ccccc%10)cc9)cc8)cc7)cc6)cc5)cc4)cc3)cc2)cc1. The lowest BCUT2D eigenvalue weighted by atomic mass is 9.96. The van der Waals surface area contributed by atoms with Gasteiger partial charge in [0.15, 0.2) is 0 Å². The van der Waals surface area contributed by atoms with Gasteiger partial charge in [-0.05, 0) is 151 Å². The average Bonchev–Trinajstić information content (AvgIpc) is 3.49. The minimum Gasteiger partial charge on any atom is -0.311 e. The molecule has 0 unspecified atom stereocenters. The molecule has 2 heteroatoms. The molecular formula is C72H52N2. The van der Waals surface area contributed by atoms with Crippen LogP contribution < -0.4 is 9.80 Å². The molecule has 2 nitrogen and oxygen atoms in total. The summed E-state index contributed by atoms with van der Waals surface area (Å²) in [7, 11) is 0. The molecule has 0 spiro atoms. The number of hydrogen-bond donors (Lipinski definition) is 0. The maximum absolute atomic E-state index is 2.31. The molecule has 0 N–H and O–H groups in total. The van der Waals surface area contributed by atoms with Crippen molar-refractivity contribution in [3.05, 3.63) is 315 Å². The summed E-state index contributed by atoms with van der Waals surface area (Å²) in [6.07, 6.45) is 0. The normalized spacial score (nSPS) is 11.0. The quantitative estimate of drug-likeness (QED) is 0.114. The van der Waals surface area contributed by atoms with Crippen LogP contribution in [-0.4, -0.2) is 0 Å². The smallest absolute Gasteiger partial charge is 0.0462 e. The van der Waals surface area contributed by atoms with Gasteiger partial charge in [-0.3, -0.25) is 0 Å². The second-order valence-electron chi connectivity index (χ2n) is 18.6. The van der Waals surface area contributed by atoms with E-state index < -0.39 is 0 Å². The Morgan fingerprint density at radius 2 is 0.230 bits per heavy atom. The zero-order valence-electron chi connectivity index (χ0n) is 40.9. The van der Waals surface area contributed by atoms with Crippen LogP contribution in [-0.2, 0) is 0 Å². The summed E-state index contributed by atoms with van der Waals surface area (Å²) >= 11 is 0. The molecule has 0 fully saturated rings. The van der Waals surface area contributed by atoms with Crippen LogP contribution in [0.4, 0.5) is 34.1 Å². The highest BCUT2D eigenvalue weighted by atomic mass is 15.1. The Labute approximate surface area is 435 Å². The first-order chi connectivity index (χ1) is 36.7. The Kier molecular flexibility index (Phi) is 12.8. The molecule has 0 saturated carbocycles. The first-order valence-corrected chi connectivity index (χ1v) is 25.3. The predicted molar refractivity (Wildman–Crippen MR) is 314 cm³/mol. The van der Waals surface area contributed by atoms with Gasteiger partial charge in [0, 0.05) is 34.1 Å². The van der Waals surface area contributed by atoms with E-state index in [0.717, 1.165) is 34.1 Å². The molecule has 0 aromatic heterocycles. The molecule has 0 amide bonds. The van der Waals surface area contributed by atoms with E-state index in [-0.39, 0.29) is 0 Å². The Morgan fingerprint density at radius 3 is 0.405 bits per heavy atom. The van der Waals surface area contributed by atoms with Crippen LogP contribution >= 0.6 is 0 Å². The maximum Gasteiger partial charge on any atom is 0.0462 e. The third kappa shape index (κ3) is 9.81. The summed E-state index contributed by atoms with van der Waals surface area (Å²) in [6, 6.07) is 113. The number of benzene rings is 12. The van der Waals surface area contributed by atoms with E-state index in [1.807, 2.05) is 0 Å². The molecule has 0 bridgehead atoms. The summed E-state index contributed by atoms with van der Waals surface area (Å²) in [5.74, 6) is 0. The molecular weight excluding hydrogens is 893 g/mol. The van der Waals surface area contributed by atoms with Gasteiger partial charge in [-0.2, -0.15) is 0 Å². The molecule has 0 aliphatic rings. The van der Waals surface area contributed by atoms with Crippen LogP contribution in [0.25, 0.3) is 77.9 Å². The molecule has 12 aromatic carbocycles. The minimum atomic E-state index is 1.11. The van der Waals surface area contributed by atoms with Crippen LogP contribution in [0.1, 0.15) is 0 Å². The number of para-hydroxylation sites is 2. The van der Waals surface area contributed by atoms with Crippen molar-refractivity contribution in [1.82, 2.24) is 0 Å². The zero-order valence-corrected chi connectivity index (χ0v) is 40.9. The molecule has 12 aromatic rings. The van der Waals surface area contributed by atoms with Gasteiger partial charge in [-0.15, -0.1) is 0 Å². The molecule has 12 rings (SSSR count). The maximum atomic E-state index is 2.31. The minimum absolute atomic E-state index is 1.11. The molecule has 0 atom stereocenters. The lowest BCUT2D eigenvalue weighted by Crippen LogP contribution is -2.09. The predicted octanol–water partition coefficient (Wildman–Crippen LogP) is 20.3. The van der Waals surface area contributed by atoms with Crippen molar-refractivity contribution < 1.29 is 0 Å². The van der Waals surface area contributed by atoms with Crippen LogP contribution in [0, 0.1) is 0 Å². The van der Waals surface area contributed by atoms with Gasteiger partial charge >= 0.3 is 0 Å². The monoisotopic (exact) mass is 944 g/mol. The number of hydrogen-bond acceptors (Lipinski definition) is 2. The van der Waals surface area contributed by atoms with Crippen molar-refractivity contribution >= 4 is 34.1 Å².